The molecule has 1 aromatic rings. The third-order valence-corrected chi connectivity index (χ3v) is 1.92. The highest BCUT2D eigenvalue weighted by atomic mass is 16.5. The second-order valence-electron chi connectivity index (χ2n) is 3.26. The van der Waals surface area contributed by atoms with E-state index in [1.807, 2.05) is 12.1 Å². The van der Waals surface area contributed by atoms with Crippen molar-refractivity contribution in [2.45, 2.75) is 25.9 Å². The van der Waals surface area contributed by atoms with E-state index in [0.29, 0.717) is 19.6 Å². The van der Waals surface area contributed by atoms with Crippen LogP contribution >= 0.6 is 0 Å². The normalized spacial score (nSPS) is 10.1. The second-order valence-corrected chi connectivity index (χ2v) is 3.26. The summed E-state index contributed by atoms with van der Waals surface area (Å²) >= 11 is 0. The van der Waals surface area contributed by atoms with Crippen molar-refractivity contribution >= 4 is 5.97 Å². The number of rotatable bonds is 7. The maximum atomic E-state index is 10.2. The highest BCUT2D eigenvalue weighted by molar-refractivity contribution is 5.66. The fourth-order valence-corrected chi connectivity index (χ4v) is 1.15. The molecule has 0 aliphatic rings. The van der Waals surface area contributed by atoms with Gasteiger partial charge < -0.3 is 9.84 Å². The minimum absolute atomic E-state index is 0.219. The largest absolute Gasteiger partial charge is 0.481 e. The maximum absolute atomic E-state index is 10.2. The van der Waals surface area contributed by atoms with Crippen LogP contribution in [0, 0.1) is 0 Å². The number of carbonyl (C=O) groups is 1. The van der Waals surface area contributed by atoms with E-state index in [0.717, 1.165) is 12.0 Å². The SMILES string of the molecule is O=C(O)CCCCOCc1cccnc1. The van der Waals surface area contributed by atoms with Crippen molar-refractivity contribution < 1.29 is 14.6 Å². The maximum Gasteiger partial charge on any atom is 0.303 e. The van der Waals surface area contributed by atoms with Gasteiger partial charge in [-0.2, -0.15) is 0 Å². The first-order valence-corrected chi connectivity index (χ1v) is 4.97. The summed E-state index contributed by atoms with van der Waals surface area (Å²) in [6, 6.07) is 3.81. The van der Waals surface area contributed by atoms with Gasteiger partial charge in [-0.3, -0.25) is 9.78 Å². The van der Waals surface area contributed by atoms with Crippen molar-refractivity contribution in [3.63, 3.8) is 0 Å². The van der Waals surface area contributed by atoms with Gasteiger partial charge >= 0.3 is 5.97 Å². The number of carboxylic acids is 1. The standard InChI is InChI=1S/C11H15NO3/c13-11(14)5-1-2-7-15-9-10-4-3-6-12-8-10/h3-4,6,8H,1-2,5,7,9H2,(H,13,14). The number of hydrogen-bond donors (Lipinski definition) is 1. The third kappa shape index (κ3) is 5.80. The Balaban J connectivity index is 2.00. The van der Waals surface area contributed by atoms with E-state index < -0.39 is 5.97 Å². The predicted molar refractivity (Wildman–Crippen MR) is 55.4 cm³/mol. The van der Waals surface area contributed by atoms with E-state index in [-0.39, 0.29) is 6.42 Å². The molecule has 0 amide bonds. The highest BCUT2D eigenvalue weighted by Gasteiger charge is 1.96. The molecule has 0 saturated heterocycles. The molecule has 82 valence electrons. The molecule has 0 saturated carbocycles. The molecule has 0 unspecified atom stereocenters. The van der Waals surface area contributed by atoms with Crippen LogP contribution in [0.4, 0.5) is 0 Å². The Morgan fingerprint density at radius 3 is 3.00 bits per heavy atom. The first-order valence-electron chi connectivity index (χ1n) is 4.97. The Kier molecular flexibility index (Phi) is 5.40. The van der Waals surface area contributed by atoms with E-state index in [2.05, 4.69) is 4.98 Å². The van der Waals surface area contributed by atoms with E-state index in [1.54, 1.807) is 12.4 Å². The van der Waals surface area contributed by atoms with Crippen LogP contribution in [-0.4, -0.2) is 22.7 Å². The van der Waals surface area contributed by atoms with Crippen molar-refractivity contribution in [1.29, 1.82) is 0 Å². The number of aromatic nitrogens is 1. The zero-order valence-electron chi connectivity index (χ0n) is 8.56. The minimum atomic E-state index is -0.748. The van der Waals surface area contributed by atoms with Gasteiger partial charge in [0.15, 0.2) is 0 Å². The van der Waals surface area contributed by atoms with Crippen molar-refractivity contribution in [2.75, 3.05) is 6.61 Å². The summed E-state index contributed by atoms with van der Waals surface area (Å²) in [5.41, 5.74) is 1.04. The van der Waals surface area contributed by atoms with E-state index in [1.165, 1.54) is 0 Å². The first-order chi connectivity index (χ1) is 7.29. The molecular weight excluding hydrogens is 194 g/mol. The number of ether oxygens (including phenoxy) is 1. The van der Waals surface area contributed by atoms with E-state index in [9.17, 15) is 4.79 Å². The molecule has 0 bridgehead atoms. The average molecular weight is 209 g/mol. The molecule has 0 atom stereocenters. The van der Waals surface area contributed by atoms with Gasteiger partial charge in [-0.15, -0.1) is 0 Å². The van der Waals surface area contributed by atoms with Crippen LogP contribution in [0.1, 0.15) is 24.8 Å². The predicted octanol–water partition coefficient (Wildman–Crippen LogP) is 1.85. The minimum Gasteiger partial charge on any atom is -0.481 e. The van der Waals surface area contributed by atoms with E-state index >= 15 is 0 Å². The summed E-state index contributed by atoms with van der Waals surface area (Å²) in [7, 11) is 0. The zero-order valence-corrected chi connectivity index (χ0v) is 8.56. The molecule has 0 radical (unpaired) electrons. The number of pyridine rings is 1. The number of carboxylic acid groups (broad SMARTS) is 1. The van der Waals surface area contributed by atoms with Crippen LogP contribution in [0.3, 0.4) is 0 Å². The number of aliphatic carboxylic acids is 1. The average Bonchev–Trinajstić information content (AvgIpc) is 2.24. The first kappa shape index (κ1) is 11.7. The summed E-state index contributed by atoms with van der Waals surface area (Å²) in [4.78, 5) is 14.2. The van der Waals surface area contributed by atoms with Crippen LogP contribution in [0.2, 0.25) is 0 Å². The molecule has 1 rings (SSSR count). The molecule has 0 spiro atoms. The Morgan fingerprint density at radius 1 is 1.47 bits per heavy atom. The van der Waals surface area contributed by atoms with Gasteiger partial charge in [-0.1, -0.05) is 6.07 Å². The summed E-state index contributed by atoms with van der Waals surface area (Å²) < 4.78 is 5.37. The Morgan fingerprint density at radius 2 is 2.33 bits per heavy atom. The number of nitrogens with zero attached hydrogens (tertiary/aromatic N) is 1. The van der Waals surface area contributed by atoms with E-state index in [4.69, 9.17) is 9.84 Å². The fourth-order valence-electron chi connectivity index (χ4n) is 1.15. The zero-order chi connectivity index (χ0) is 10.9. The quantitative estimate of drug-likeness (QED) is 0.696. The number of hydrogen-bond acceptors (Lipinski definition) is 3. The lowest BCUT2D eigenvalue weighted by Crippen LogP contribution is -1.98. The van der Waals surface area contributed by atoms with Gasteiger partial charge in [0.05, 0.1) is 6.61 Å². The third-order valence-electron chi connectivity index (χ3n) is 1.92. The molecule has 0 fully saturated rings. The summed E-state index contributed by atoms with van der Waals surface area (Å²) in [5.74, 6) is -0.748. The van der Waals surface area contributed by atoms with Gasteiger partial charge in [0, 0.05) is 25.4 Å². The molecule has 1 aromatic heterocycles. The van der Waals surface area contributed by atoms with Crippen molar-refractivity contribution in [3.8, 4) is 0 Å². The summed E-state index contributed by atoms with van der Waals surface area (Å²) in [6.07, 6.45) is 5.15. The molecule has 1 N–H and O–H groups in total. The van der Waals surface area contributed by atoms with Crippen LogP contribution in [-0.2, 0) is 16.1 Å². The van der Waals surface area contributed by atoms with Crippen LogP contribution in [0.5, 0.6) is 0 Å². The molecule has 0 aliphatic carbocycles. The Hall–Kier alpha value is -1.42. The van der Waals surface area contributed by atoms with Gasteiger partial charge in [-0.25, -0.2) is 0 Å². The fraction of sp³-hybridized carbons (Fsp3) is 0.455. The molecule has 15 heavy (non-hydrogen) atoms. The van der Waals surface area contributed by atoms with Crippen molar-refractivity contribution in [3.05, 3.63) is 30.1 Å². The summed E-state index contributed by atoms with van der Waals surface area (Å²) in [5, 5.41) is 8.40. The van der Waals surface area contributed by atoms with Crippen molar-refractivity contribution in [1.82, 2.24) is 4.98 Å². The Labute approximate surface area is 88.9 Å². The van der Waals surface area contributed by atoms with Crippen molar-refractivity contribution in [2.24, 2.45) is 0 Å². The molecule has 4 heteroatoms. The molecule has 0 aromatic carbocycles. The van der Waals surface area contributed by atoms with Gasteiger partial charge in [0.1, 0.15) is 0 Å². The lowest BCUT2D eigenvalue weighted by atomic mass is 10.2. The second kappa shape index (κ2) is 6.95. The summed E-state index contributed by atoms with van der Waals surface area (Å²) in [6.45, 7) is 1.14. The Bertz CT molecular complexity index is 287. The molecule has 0 aliphatic heterocycles. The topological polar surface area (TPSA) is 59.4 Å². The van der Waals surface area contributed by atoms with Gasteiger partial charge in [-0.05, 0) is 24.5 Å². The molecule has 1 heterocycles. The van der Waals surface area contributed by atoms with Crippen LogP contribution in [0.25, 0.3) is 0 Å². The van der Waals surface area contributed by atoms with Crippen LogP contribution in [0.15, 0.2) is 24.5 Å². The van der Waals surface area contributed by atoms with Crippen LogP contribution < -0.4 is 0 Å². The lowest BCUT2D eigenvalue weighted by Gasteiger charge is -2.02. The van der Waals surface area contributed by atoms with Gasteiger partial charge in [0.2, 0.25) is 0 Å². The molecule has 4 nitrogen and oxygen atoms in total. The highest BCUT2D eigenvalue weighted by Crippen LogP contribution is 2.01. The lowest BCUT2D eigenvalue weighted by molar-refractivity contribution is -0.137. The number of unbranched alkanes of at least 4 members (excludes halogenated alkanes) is 1. The molecular formula is C11H15NO3. The smallest absolute Gasteiger partial charge is 0.303 e. The van der Waals surface area contributed by atoms with Gasteiger partial charge in [0.25, 0.3) is 0 Å². The monoisotopic (exact) mass is 209 g/mol.